The van der Waals surface area contributed by atoms with Crippen LogP contribution in [0.15, 0.2) is 36.5 Å². The average molecular weight is 409 g/mol. The van der Waals surface area contributed by atoms with E-state index in [9.17, 15) is 4.79 Å². The van der Waals surface area contributed by atoms with E-state index in [0.717, 1.165) is 63.6 Å². The Labute approximate surface area is 176 Å². The van der Waals surface area contributed by atoms with Gasteiger partial charge in [0.05, 0.1) is 5.56 Å². The SMILES string of the molecule is NC(=O)c1cccnc1N1CCN(C2CCN(c3ccc4c(c3)OCO4)CC2)CC1. The van der Waals surface area contributed by atoms with Crippen LogP contribution in [0.3, 0.4) is 0 Å². The van der Waals surface area contributed by atoms with E-state index in [0.29, 0.717) is 24.2 Å². The highest BCUT2D eigenvalue weighted by atomic mass is 16.7. The zero-order chi connectivity index (χ0) is 20.5. The Morgan fingerprint density at radius 2 is 1.73 bits per heavy atom. The maximum absolute atomic E-state index is 11.7. The van der Waals surface area contributed by atoms with Crippen molar-refractivity contribution in [2.75, 3.05) is 55.9 Å². The van der Waals surface area contributed by atoms with Gasteiger partial charge in [0.1, 0.15) is 5.82 Å². The zero-order valence-corrected chi connectivity index (χ0v) is 17.0. The fraction of sp³-hybridized carbons (Fsp3) is 0.455. The lowest BCUT2D eigenvalue weighted by Crippen LogP contribution is -2.53. The Balaban J connectivity index is 1.16. The van der Waals surface area contributed by atoms with Gasteiger partial charge in [0.25, 0.3) is 5.91 Å². The van der Waals surface area contributed by atoms with Crippen molar-refractivity contribution in [3.63, 3.8) is 0 Å². The number of hydrogen-bond acceptors (Lipinski definition) is 7. The second kappa shape index (κ2) is 8.02. The maximum atomic E-state index is 11.7. The smallest absolute Gasteiger partial charge is 0.252 e. The number of carbonyl (C=O) groups excluding carboxylic acids is 1. The van der Waals surface area contributed by atoms with Gasteiger partial charge in [0.15, 0.2) is 11.5 Å². The molecule has 5 rings (SSSR count). The summed E-state index contributed by atoms with van der Waals surface area (Å²) in [7, 11) is 0. The Hall–Kier alpha value is -3.00. The molecule has 2 fully saturated rings. The summed E-state index contributed by atoms with van der Waals surface area (Å²) < 4.78 is 10.9. The molecule has 1 amide bonds. The van der Waals surface area contributed by atoms with Crippen molar-refractivity contribution >= 4 is 17.4 Å². The molecule has 0 unspecified atom stereocenters. The molecule has 0 radical (unpaired) electrons. The number of nitrogens with zero attached hydrogens (tertiary/aromatic N) is 4. The lowest BCUT2D eigenvalue weighted by Gasteiger charge is -2.43. The Morgan fingerprint density at radius 1 is 0.967 bits per heavy atom. The van der Waals surface area contributed by atoms with E-state index in [1.807, 2.05) is 6.07 Å². The minimum absolute atomic E-state index is 0.312. The number of aromatic nitrogens is 1. The van der Waals surface area contributed by atoms with Gasteiger partial charge in [0, 0.05) is 63.3 Å². The van der Waals surface area contributed by atoms with E-state index in [1.54, 1.807) is 18.3 Å². The van der Waals surface area contributed by atoms with Crippen molar-refractivity contribution in [2.45, 2.75) is 18.9 Å². The molecule has 158 valence electrons. The van der Waals surface area contributed by atoms with Gasteiger partial charge in [-0.1, -0.05) is 0 Å². The van der Waals surface area contributed by atoms with Gasteiger partial charge in [0.2, 0.25) is 6.79 Å². The predicted molar refractivity (Wildman–Crippen MR) is 114 cm³/mol. The third-order valence-electron chi connectivity index (χ3n) is 6.37. The number of nitrogens with two attached hydrogens (primary N) is 1. The standard InChI is InChI=1S/C22H27N5O3/c23-21(28)18-2-1-7-24-22(18)27-12-10-26(11-13-27)16-5-8-25(9-6-16)17-3-4-19-20(14-17)30-15-29-19/h1-4,7,14,16H,5-6,8-13,15H2,(H2,23,28). The summed E-state index contributed by atoms with van der Waals surface area (Å²) in [6.07, 6.45) is 4.01. The molecule has 0 bridgehead atoms. The van der Waals surface area contributed by atoms with Crippen LogP contribution in [0.2, 0.25) is 0 Å². The highest BCUT2D eigenvalue weighted by Crippen LogP contribution is 2.36. The first-order valence-corrected chi connectivity index (χ1v) is 10.6. The van der Waals surface area contributed by atoms with Crippen LogP contribution < -0.4 is 25.0 Å². The number of amides is 1. The van der Waals surface area contributed by atoms with Gasteiger partial charge in [-0.05, 0) is 37.1 Å². The van der Waals surface area contributed by atoms with Crippen LogP contribution in [-0.4, -0.2) is 67.9 Å². The number of fused-ring (bicyclic) bond motifs is 1. The van der Waals surface area contributed by atoms with Crippen LogP contribution >= 0.6 is 0 Å². The van der Waals surface area contributed by atoms with Gasteiger partial charge < -0.3 is 25.0 Å². The van der Waals surface area contributed by atoms with Crippen molar-refractivity contribution in [1.82, 2.24) is 9.88 Å². The van der Waals surface area contributed by atoms with E-state index >= 15 is 0 Å². The van der Waals surface area contributed by atoms with Gasteiger partial charge in [-0.2, -0.15) is 0 Å². The van der Waals surface area contributed by atoms with Crippen molar-refractivity contribution in [1.29, 1.82) is 0 Å². The first-order chi connectivity index (χ1) is 14.7. The Bertz CT molecular complexity index is 921. The van der Waals surface area contributed by atoms with E-state index < -0.39 is 5.91 Å². The molecule has 0 aliphatic carbocycles. The second-order valence-electron chi connectivity index (χ2n) is 8.02. The van der Waals surface area contributed by atoms with E-state index in [2.05, 4.69) is 31.8 Å². The molecule has 3 aliphatic heterocycles. The third-order valence-corrected chi connectivity index (χ3v) is 6.37. The Morgan fingerprint density at radius 3 is 2.50 bits per heavy atom. The summed E-state index contributed by atoms with van der Waals surface area (Å²) in [6.45, 7) is 6.06. The summed E-state index contributed by atoms with van der Waals surface area (Å²) in [5.41, 5.74) is 7.23. The first-order valence-electron chi connectivity index (χ1n) is 10.6. The fourth-order valence-corrected chi connectivity index (χ4v) is 4.71. The van der Waals surface area contributed by atoms with Crippen LogP contribution in [-0.2, 0) is 0 Å². The minimum atomic E-state index is -0.420. The molecule has 0 atom stereocenters. The molecule has 0 spiro atoms. The summed E-state index contributed by atoms with van der Waals surface area (Å²) >= 11 is 0. The molecule has 2 saturated heterocycles. The summed E-state index contributed by atoms with van der Waals surface area (Å²) in [5, 5.41) is 0. The largest absolute Gasteiger partial charge is 0.454 e. The van der Waals surface area contributed by atoms with Crippen molar-refractivity contribution in [3.05, 3.63) is 42.1 Å². The molecule has 0 saturated carbocycles. The number of anilines is 2. The number of ether oxygens (including phenoxy) is 2. The van der Waals surface area contributed by atoms with E-state index in [-0.39, 0.29) is 0 Å². The van der Waals surface area contributed by atoms with E-state index in [1.165, 1.54) is 5.69 Å². The number of carbonyl (C=O) groups is 1. The molecule has 8 heteroatoms. The first kappa shape index (κ1) is 19.0. The van der Waals surface area contributed by atoms with Crippen LogP contribution in [0, 0.1) is 0 Å². The van der Waals surface area contributed by atoms with Crippen LogP contribution in [0.4, 0.5) is 11.5 Å². The highest BCUT2D eigenvalue weighted by molar-refractivity contribution is 5.97. The third kappa shape index (κ3) is 3.63. The van der Waals surface area contributed by atoms with Crippen molar-refractivity contribution in [2.24, 2.45) is 5.73 Å². The van der Waals surface area contributed by atoms with Crippen molar-refractivity contribution in [3.8, 4) is 11.5 Å². The lowest BCUT2D eigenvalue weighted by molar-refractivity contribution is 0.1000. The lowest BCUT2D eigenvalue weighted by atomic mass is 10.0. The molecule has 3 aliphatic rings. The fourth-order valence-electron chi connectivity index (χ4n) is 4.71. The topological polar surface area (TPSA) is 84.2 Å². The van der Waals surface area contributed by atoms with E-state index in [4.69, 9.17) is 15.2 Å². The normalized spacial score (nSPS) is 19.9. The van der Waals surface area contributed by atoms with Gasteiger partial charge in [-0.25, -0.2) is 4.98 Å². The molecule has 30 heavy (non-hydrogen) atoms. The maximum Gasteiger partial charge on any atom is 0.252 e. The number of piperazine rings is 1. The molecule has 1 aromatic carbocycles. The number of pyridine rings is 1. The highest BCUT2D eigenvalue weighted by Gasteiger charge is 2.29. The Kier molecular flexibility index (Phi) is 5.08. The number of hydrogen-bond donors (Lipinski definition) is 1. The van der Waals surface area contributed by atoms with Crippen LogP contribution in [0.1, 0.15) is 23.2 Å². The molecule has 1 aromatic heterocycles. The monoisotopic (exact) mass is 409 g/mol. The van der Waals surface area contributed by atoms with Gasteiger partial charge in [-0.3, -0.25) is 9.69 Å². The molecule has 4 heterocycles. The predicted octanol–water partition coefficient (Wildman–Crippen LogP) is 1.70. The summed E-state index contributed by atoms with van der Waals surface area (Å²) in [6, 6.07) is 10.3. The average Bonchev–Trinajstić information content (AvgIpc) is 3.27. The number of benzene rings is 1. The zero-order valence-electron chi connectivity index (χ0n) is 17.0. The minimum Gasteiger partial charge on any atom is -0.454 e. The van der Waals surface area contributed by atoms with Gasteiger partial charge in [-0.15, -0.1) is 0 Å². The molecule has 8 nitrogen and oxygen atoms in total. The molecule has 2 N–H and O–H groups in total. The molecular weight excluding hydrogens is 382 g/mol. The van der Waals surface area contributed by atoms with Crippen LogP contribution in [0.5, 0.6) is 11.5 Å². The number of rotatable bonds is 4. The quantitative estimate of drug-likeness (QED) is 0.823. The molecular formula is C22H27N5O3. The summed E-state index contributed by atoms with van der Waals surface area (Å²) in [4.78, 5) is 23.3. The number of primary amides is 1. The van der Waals surface area contributed by atoms with Crippen LogP contribution in [0.25, 0.3) is 0 Å². The molecule has 2 aromatic rings. The summed E-state index contributed by atoms with van der Waals surface area (Å²) in [5.74, 6) is 1.97. The van der Waals surface area contributed by atoms with Crippen molar-refractivity contribution < 1.29 is 14.3 Å². The van der Waals surface area contributed by atoms with Gasteiger partial charge >= 0.3 is 0 Å². The second-order valence-corrected chi connectivity index (χ2v) is 8.02. The number of piperidine rings is 1.